The number of hydrogen-bond acceptors (Lipinski definition) is 27. The lowest BCUT2D eigenvalue weighted by Crippen LogP contribution is -2.08. The topological polar surface area (TPSA) is 542 Å². The summed E-state index contributed by atoms with van der Waals surface area (Å²) in [6.45, 7) is 4.68. The van der Waals surface area contributed by atoms with Crippen molar-refractivity contribution in [2.45, 2.75) is 65.0 Å². The number of nitrogens with zero attached hydrogens (tertiary/aromatic N) is 10. The first-order valence-electron chi connectivity index (χ1n) is 24.4. The number of aromatic hydroxyl groups is 1. The third-order valence-corrected chi connectivity index (χ3v) is 19.4. The maximum Gasteiger partial charge on any atom is 0.296 e. The molecule has 3 heterocycles. The summed E-state index contributed by atoms with van der Waals surface area (Å²) in [6, 6.07) is 10.7. The number of thiazole rings is 1. The van der Waals surface area contributed by atoms with E-state index >= 15 is 0 Å². The summed E-state index contributed by atoms with van der Waals surface area (Å²) < 4.78 is 212. The van der Waals surface area contributed by atoms with Crippen molar-refractivity contribution in [2.75, 3.05) is 34.5 Å². The lowest BCUT2D eigenvalue weighted by Gasteiger charge is -2.13. The van der Waals surface area contributed by atoms with Gasteiger partial charge in [0.1, 0.15) is 65.7 Å². The Morgan fingerprint density at radius 1 is 0.652 bits per heavy atom. The Labute approximate surface area is 511 Å². The second-order valence-electron chi connectivity index (χ2n) is 18.7. The number of aromatic nitrogens is 3. The van der Waals surface area contributed by atoms with Crippen LogP contribution in [0, 0.1) is 25.2 Å². The number of rotatable bonds is 22. The van der Waals surface area contributed by atoms with Crippen LogP contribution in [-0.4, -0.2) is 133 Å². The molecule has 0 fully saturated rings. The highest BCUT2D eigenvalue weighted by Crippen LogP contribution is 2.46. The summed E-state index contributed by atoms with van der Waals surface area (Å²) in [5, 5.41) is 51.2. The summed E-state index contributed by atoms with van der Waals surface area (Å²) in [7, 11) is -29.8. The van der Waals surface area contributed by atoms with Crippen LogP contribution in [0.3, 0.4) is 0 Å². The minimum Gasteiger partial charge on any atom is -0.493 e. The summed E-state index contributed by atoms with van der Waals surface area (Å²) in [4.78, 5) is 29.4. The van der Waals surface area contributed by atoms with E-state index in [1.165, 1.54) is 38.1 Å². The van der Waals surface area contributed by atoms with Gasteiger partial charge in [0.2, 0.25) is 22.8 Å². The first kappa shape index (κ1) is 66.8. The maximum absolute atomic E-state index is 12.7. The van der Waals surface area contributed by atoms with Gasteiger partial charge in [-0.3, -0.25) is 41.3 Å². The molecule has 0 aliphatic heterocycles. The molecule has 0 radical (unpaired) electrons. The molecule has 9 N–H and O–H groups in total. The number of carbonyl (C=O) groups excluding carboxylic acids is 2. The van der Waals surface area contributed by atoms with E-state index in [1.54, 1.807) is 0 Å². The van der Waals surface area contributed by atoms with Gasteiger partial charge in [0.05, 0.1) is 44.8 Å². The van der Waals surface area contributed by atoms with Crippen molar-refractivity contribution in [1.29, 1.82) is 5.26 Å². The predicted molar refractivity (Wildman–Crippen MR) is 317 cm³/mol. The average Bonchev–Trinajstić information content (AvgIpc) is 1.71. The number of aryl methyl sites for hydroxylation is 1. The molecule has 0 bridgehead atoms. The summed E-state index contributed by atoms with van der Waals surface area (Å²) in [5.41, 5.74) is -2.84. The number of amides is 2. The van der Waals surface area contributed by atoms with Crippen molar-refractivity contribution in [1.82, 2.24) is 14.4 Å². The average molecular weight is 1380 g/mol. The zero-order valence-electron chi connectivity index (χ0n) is 45.4. The molecule has 5 aromatic carbocycles. The molecule has 8 rings (SSSR count). The van der Waals surface area contributed by atoms with Crippen LogP contribution in [-0.2, 0) is 70.3 Å². The summed E-state index contributed by atoms with van der Waals surface area (Å²) >= 11 is 1.39. The standard InChI is InChI=1S/C47H42N12O22S8/c1-21-13-33(55-57-40-22(2)28(20-48)45-51-41-37(87(72,73)74)8-7-29(49-23(3)60)43(41)59(45)46(40)62)35(81-9-5-11-84(63,64)65)18-30(21)53-56-34-17-31(50-24(4)61)32(19-36(34)82-10-6-12-85(66,67)68)54-58-47-52-42-39(89(78,79)80)16-26-27(44(42)83-47)14-25(86(69,70)71)15-38(26)88(75,76)77/h7-8,13-19,62H,5-6,9-12H2,1-4H3,(H,49,60)(H,50,61)(H,63,64,65)(H,66,67,68)(H,69,70,71)(H,72,73,74)(H,75,76,77)(H,78,79,80). The fourth-order valence-corrected chi connectivity index (χ4v) is 14.2. The van der Waals surface area contributed by atoms with Gasteiger partial charge in [-0.1, -0.05) is 11.3 Å². The third kappa shape index (κ3) is 15.3. The van der Waals surface area contributed by atoms with Crippen molar-refractivity contribution in [3.8, 4) is 17.7 Å². The molecule has 0 atom stereocenters. The number of hydrogen-bond donors (Lipinski definition) is 9. The van der Waals surface area contributed by atoms with Gasteiger partial charge in [0, 0.05) is 41.1 Å². The van der Waals surface area contributed by atoms with Crippen LogP contribution in [0.1, 0.15) is 43.4 Å². The second kappa shape index (κ2) is 25.0. The molecule has 42 heteroatoms. The van der Waals surface area contributed by atoms with Crippen molar-refractivity contribution in [3.63, 3.8) is 0 Å². The zero-order chi connectivity index (χ0) is 65.7. The molecule has 0 saturated heterocycles. The lowest BCUT2D eigenvalue weighted by atomic mass is 10.1. The minimum atomic E-state index is -5.37. The lowest BCUT2D eigenvalue weighted by molar-refractivity contribution is -0.115. The normalized spacial score (nSPS) is 13.0. The van der Waals surface area contributed by atoms with Crippen LogP contribution in [0.2, 0.25) is 0 Å². The van der Waals surface area contributed by atoms with Crippen LogP contribution in [0.25, 0.3) is 37.7 Å². The van der Waals surface area contributed by atoms with E-state index < -0.39 is 149 Å². The van der Waals surface area contributed by atoms with Crippen molar-refractivity contribution in [2.24, 2.45) is 30.7 Å². The molecule has 8 aromatic rings. The predicted octanol–water partition coefficient (Wildman–Crippen LogP) is 8.62. The minimum absolute atomic E-state index is 0.00169. The van der Waals surface area contributed by atoms with Crippen LogP contribution in [0.5, 0.6) is 11.6 Å². The van der Waals surface area contributed by atoms with E-state index in [1.807, 2.05) is 6.07 Å². The zero-order valence-corrected chi connectivity index (χ0v) is 52.0. The van der Waals surface area contributed by atoms with Crippen LogP contribution >= 0.6 is 23.1 Å². The van der Waals surface area contributed by atoms with Crippen LogP contribution < -0.4 is 15.4 Å². The number of nitrogens with one attached hydrogen (secondary N) is 2. The van der Waals surface area contributed by atoms with Gasteiger partial charge in [-0.25, -0.2) is 9.97 Å². The summed E-state index contributed by atoms with van der Waals surface area (Å²) in [6.07, 6.45) is -0.440. The molecule has 34 nitrogen and oxygen atoms in total. The SMILES string of the molecule is CC(=O)Nc1cc(N=Nc2cc(OCCCS(=O)(=O)O)c(N=Nc3c(C)c(C#N)c4nc5c(S(=O)(=O)O)ccc(NC(C)=O)c5n4c3O)cc2C)c(SCCCS(=O)(=O)O)cc1N=Nc1nc2c(S(=O)(=O)O)cc3c(S(=O)(=O)O)cc(S(=O)(=O)O)cc3c2s1. The Hall–Kier alpha value is -8.16. The molecule has 2 amide bonds. The smallest absolute Gasteiger partial charge is 0.296 e. The highest BCUT2D eigenvalue weighted by atomic mass is 32.2. The largest absolute Gasteiger partial charge is 0.493 e. The van der Waals surface area contributed by atoms with Crippen LogP contribution in [0.15, 0.2) is 110 Å². The van der Waals surface area contributed by atoms with Crippen LogP contribution in [0.4, 0.5) is 44.9 Å². The number of imidazole rings is 1. The second-order valence-corrected chi connectivity index (χ2v) is 29.6. The fraction of sp³-hybridized carbons (Fsp3) is 0.213. The Morgan fingerprint density at radius 3 is 1.87 bits per heavy atom. The molecule has 3 aromatic heterocycles. The number of carbonyl (C=O) groups is 2. The number of anilines is 2. The first-order valence-corrected chi connectivity index (χ1v) is 35.2. The van der Waals surface area contributed by atoms with E-state index in [0.717, 1.165) is 48.2 Å². The third-order valence-electron chi connectivity index (χ3n) is 12.2. The van der Waals surface area contributed by atoms with Gasteiger partial charge in [0.25, 0.3) is 60.7 Å². The van der Waals surface area contributed by atoms with Crippen molar-refractivity contribution >= 4 is 178 Å². The number of thioether (sulfide) groups is 1. The highest BCUT2D eigenvalue weighted by molar-refractivity contribution is 7.99. The molecule has 0 aliphatic rings. The first-order chi connectivity index (χ1) is 41.2. The van der Waals surface area contributed by atoms with E-state index in [0.29, 0.717) is 23.5 Å². The fourth-order valence-electron chi connectivity index (χ4n) is 8.48. The van der Waals surface area contributed by atoms with Gasteiger partial charge < -0.3 is 20.5 Å². The van der Waals surface area contributed by atoms with E-state index in [9.17, 15) is 97.8 Å². The van der Waals surface area contributed by atoms with Gasteiger partial charge >= 0.3 is 0 Å². The maximum atomic E-state index is 12.7. The Morgan fingerprint density at radius 2 is 1.26 bits per heavy atom. The molecule has 0 spiro atoms. The van der Waals surface area contributed by atoms with Gasteiger partial charge in [-0.2, -0.15) is 60.9 Å². The van der Waals surface area contributed by atoms with Gasteiger partial charge in [-0.05, 0) is 86.5 Å². The molecule has 0 unspecified atom stereocenters. The van der Waals surface area contributed by atoms with E-state index in [2.05, 4.69) is 51.3 Å². The quantitative estimate of drug-likeness (QED) is 0.0133. The Kier molecular flexibility index (Phi) is 18.8. The number of benzene rings is 5. The Bertz CT molecular complexity index is 5220. The summed E-state index contributed by atoms with van der Waals surface area (Å²) in [5.74, 6) is -3.83. The van der Waals surface area contributed by atoms with E-state index in [-0.39, 0.29) is 95.9 Å². The molecular weight excluding hydrogens is 1340 g/mol. The highest BCUT2D eigenvalue weighted by Gasteiger charge is 2.30. The number of azo groups is 3. The monoisotopic (exact) mass is 1380 g/mol. The number of nitriles is 1. The number of ether oxygens (including phenoxy) is 1. The molecule has 470 valence electrons. The Balaban J connectivity index is 1.26. The van der Waals surface area contributed by atoms with Crippen molar-refractivity contribution < 1.29 is 97.3 Å². The van der Waals surface area contributed by atoms with Gasteiger partial charge in [-0.15, -0.1) is 37.3 Å². The van der Waals surface area contributed by atoms with E-state index in [4.69, 9.17) is 4.74 Å². The molecule has 0 saturated carbocycles. The molecule has 0 aliphatic carbocycles. The molecule has 89 heavy (non-hydrogen) atoms. The number of pyridine rings is 1. The number of fused-ring (bicyclic) bond motifs is 6. The van der Waals surface area contributed by atoms with Gasteiger partial charge in [0.15, 0.2) is 11.3 Å². The van der Waals surface area contributed by atoms with Crippen molar-refractivity contribution in [3.05, 3.63) is 71.3 Å². The molecular formula is C47H42N12O22S8.